The smallest absolute Gasteiger partial charge is 0.331 e. The molecule has 1 atom stereocenters. The van der Waals surface area contributed by atoms with Gasteiger partial charge >= 0.3 is 5.97 Å². The molecule has 1 aromatic rings. The maximum absolute atomic E-state index is 11.7. The number of ether oxygens (including phenoxy) is 1. The molecule has 0 amide bonds. The molecule has 0 N–H and O–H groups in total. The summed E-state index contributed by atoms with van der Waals surface area (Å²) < 4.78 is 5.30. The summed E-state index contributed by atoms with van der Waals surface area (Å²) in [6.45, 7) is 3.69. The van der Waals surface area contributed by atoms with E-state index in [2.05, 4.69) is 0 Å². The number of hydrogen-bond acceptors (Lipinski definition) is 4. The summed E-state index contributed by atoms with van der Waals surface area (Å²) in [5, 5.41) is 10.6. The van der Waals surface area contributed by atoms with Crippen LogP contribution in [0.15, 0.2) is 35.9 Å². The normalized spacial score (nSPS) is 16.6. The van der Waals surface area contributed by atoms with Crippen molar-refractivity contribution in [1.82, 2.24) is 0 Å². The van der Waals surface area contributed by atoms with Gasteiger partial charge in [-0.05, 0) is 50.3 Å². The standard InChI is InChI=1S/C15H17NO4/c1-10(12-3-4-12)9-15(17)20-11(2)13-5-7-14(8-6-13)16(18)19/h5-9,11-12H,3-4H2,1-2H3. The lowest BCUT2D eigenvalue weighted by Crippen LogP contribution is -2.07. The quantitative estimate of drug-likeness (QED) is 0.356. The van der Waals surface area contributed by atoms with Gasteiger partial charge in [0, 0.05) is 18.2 Å². The van der Waals surface area contributed by atoms with Gasteiger partial charge in [0.2, 0.25) is 0 Å². The van der Waals surface area contributed by atoms with Crippen LogP contribution in [0.2, 0.25) is 0 Å². The lowest BCUT2D eigenvalue weighted by molar-refractivity contribution is -0.384. The Labute approximate surface area is 117 Å². The van der Waals surface area contributed by atoms with Gasteiger partial charge < -0.3 is 4.74 Å². The van der Waals surface area contributed by atoms with Gasteiger partial charge in [-0.15, -0.1) is 0 Å². The highest BCUT2D eigenvalue weighted by Gasteiger charge is 2.24. The maximum atomic E-state index is 11.7. The molecule has 1 aliphatic carbocycles. The first kappa shape index (κ1) is 14.2. The van der Waals surface area contributed by atoms with Crippen molar-refractivity contribution in [2.24, 2.45) is 5.92 Å². The van der Waals surface area contributed by atoms with Crippen LogP contribution in [0, 0.1) is 16.0 Å². The van der Waals surface area contributed by atoms with E-state index in [9.17, 15) is 14.9 Å². The van der Waals surface area contributed by atoms with E-state index in [0.717, 1.165) is 24.0 Å². The lowest BCUT2D eigenvalue weighted by Gasteiger charge is -2.12. The number of nitro benzene ring substituents is 1. The second kappa shape index (κ2) is 5.86. The van der Waals surface area contributed by atoms with E-state index in [-0.39, 0.29) is 11.7 Å². The van der Waals surface area contributed by atoms with Crippen LogP contribution in [0.25, 0.3) is 0 Å². The van der Waals surface area contributed by atoms with E-state index in [0.29, 0.717) is 5.92 Å². The predicted molar refractivity (Wildman–Crippen MR) is 74.1 cm³/mol. The van der Waals surface area contributed by atoms with Gasteiger partial charge in [0.1, 0.15) is 6.10 Å². The topological polar surface area (TPSA) is 69.4 Å². The first-order valence-corrected chi connectivity index (χ1v) is 6.60. The van der Waals surface area contributed by atoms with Gasteiger partial charge in [-0.3, -0.25) is 10.1 Å². The second-order valence-corrected chi connectivity index (χ2v) is 5.09. The summed E-state index contributed by atoms with van der Waals surface area (Å²) >= 11 is 0. The van der Waals surface area contributed by atoms with Crippen molar-refractivity contribution in [1.29, 1.82) is 0 Å². The predicted octanol–water partition coefficient (Wildman–Crippen LogP) is 3.56. The zero-order valence-corrected chi connectivity index (χ0v) is 11.5. The van der Waals surface area contributed by atoms with Gasteiger partial charge in [-0.25, -0.2) is 4.79 Å². The van der Waals surface area contributed by atoms with Crippen LogP contribution < -0.4 is 0 Å². The molecule has 2 rings (SSSR count). The zero-order chi connectivity index (χ0) is 14.7. The van der Waals surface area contributed by atoms with Crippen molar-refractivity contribution in [3.8, 4) is 0 Å². The molecule has 1 unspecified atom stereocenters. The Morgan fingerprint density at radius 2 is 2.00 bits per heavy atom. The number of nitro groups is 1. The molecule has 0 saturated heterocycles. The van der Waals surface area contributed by atoms with Crippen LogP contribution >= 0.6 is 0 Å². The van der Waals surface area contributed by atoms with Crippen LogP contribution in [-0.2, 0) is 9.53 Å². The molecule has 0 aromatic heterocycles. The highest BCUT2D eigenvalue weighted by atomic mass is 16.6. The number of nitrogens with zero attached hydrogens (tertiary/aromatic N) is 1. The molecule has 20 heavy (non-hydrogen) atoms. The van der Waals surface area contributed by atoms with Crippen molar-refractivity contribution >= 4 is 11.7 Å². The second-order valence-electron chi connectivity index (χ2n) is 5.09. The van der Waals surface area contributed by atoms with Gasteiger partial charge in [-0.1, -0.05) is 5.57 Å². The summed E-state index contributed by atoms with van der Waals surface area (Å²) in [5.74, 6) is 0.178. The number of allylic oxidation sites excluding steroid dienone is 1. The number of carbonyl (C=O) groups excluding carboxylic acids is 1. The fourth-order valence-electron chi connectivity index (χ4n) is 1.99. The molecular formula is C15H17NO4. The Bertz CT molecular complexity index is 543. The average Bonchev–Trinajstić information content (AvgIpc) is 3.22. The summed E-state index contributed by atoms with van der Waals surface area (Å²) in [6, 6.07) is 6.02. The van der Waals surface area contributed by atoms with Crippen molar-refractivity contribution in [2.45, 2.75) is 32.8 Å². The van der Waals surface area contributed by atoms with E-state index < -0.39 is 11.0 Å². The SMILES string of the molecule is CC(=CC(=O)OC(C)c1ccc([N+](=O)[O-])cc1)C1CC1. The van der Waals surface area contributed by atoms with E-state index in [1.54, 1.807) is 25.1 Å². The molecular weight excluding hydrogens is 258 g/mol. The largest absolute Gasteiger partial charge is 0.455 e. The van der Waals surface area contributed by atoms with E-state index in [4.69, 9.17) is 4.74 Å². The monoisotopic (exact) mass is 275 g/mol. The van der Waals surface area contributed by atoms with Gasteiger partial charge in [0.15, 0.2) is 0 Å². The summed E-state index contributed by atoms with van der Waals surface area (Å²) in [6.07, 6.45) is 3.41. The molecule has 0 radical (unpaired) electrons. The van der Waals surface area contributed by atoms with Crippen molar-refractivity contribution in [2.75, 3.05) is 0 Å². The molecule has 0 heterocycles. The lowest BCUT2D eigenvalue weighted by atomic mass is 10.1. The molecule has 1 fully saturated rings. The van der Waals surface area contributed by atoms with Crippen LogP contribution in [0.5, 0.6) is 0 Å². The number of rotatable bonds is 5. The van der Waals surface area contributed by atoms with Crippen LogP contribution in [0.3, 0.4) is 0 Å². The number of non-ortho nitro benzene ring substituents is 1. The first-order valence-electron chi connectivity index (χ1n) is 6.60. The molecule has 0 spiro atoms. The van der Waals surface area contributed by atoms with Crippen LogP contribution in [0.1, 0.15) is 38.4 Å². The van der Waals surface area contributed by atoms with Gasteiger partial charge in [0.05, 0.1) is 4.92 Å². The highest BCUT2D eigenvalue weighted by molar-refractivity contribution is 5.83. The molecule has 5 nitrogen and oxygen atoms in total. The summed E-state index contributed by atoms with van der Waals surface area (Å²) in [5.41, 5.74) is 1.82. The van der Waals surface area contributed by atoms with Crippen molar-refractivity contribution in [3.05, 3.63) is 51.6 Å². The summed E-state index contributed by atoms with van der Waals surface area (Å²) in [7, 11) is 0. The fraction of sp³-hybridized carbons (Fsp3) is 0.400. The van der Waals surface area contributed by atoms with Crippen LogP contribution in [-0.4, -0.2) is 10.9 Å². The van der Waals surface area contributed by atoms with E-state index in [1.807, 2.05) is 6.92 Å². The maximum Gasteiger partial charge on any atom is 0.331 e. The molecule has 0 bridgehead atoms. The number of hydrogen-bond donors (Lipinski definition) is 0. The highest BCUT2D eigenvalue weighted by Crippen LogP contribution is 2.36. The molecule has 1 aliphatic rings. The molecule has 1 saturated carbocycles. The Hall–Kier alpha value is -2.17. The Balaban J connectivity index is 1.96. The Morgan fingerprint density at radius 3 is 2.50 bits per heavy atom. The average molecular weight is 275 g/mol. The minimum atomic E-state index is -0.456. The minimum absolute atomic E-state index is 0.0248. The van der Waals surface area contributed by atoms with Crippen LogP contribution in [0.4, 0.5) is 5.69 Å². The van der Waals surface area contributed by atoms with Gasteiger partial charge in [0.25, 0.3) is 5.69 Å². The molecule has 5 heteroatoms. The number of esters is 1. The first-order chi connectivity index (χ1) is 9.47. The van der Waals surface area contributed by atoms with Gasteiger partial charge in [-0.2, -0.15) is 0 Å². The summed E-state index contributed by atoms with van der Waals surface area (Å²) in [4.78, 5) is 21.8. The zero-order valence-electron chi connectivity index (χ0n) is 11.5. The molecule has 106 valence electrons. The van der Waals surface area contributed by atoms with E-state index in [1.165, 1.54) is 12.1 Å². The third-order valence-corrected chi connectivity index (χ3v) is 3.43. The van der Waals surface area contributed by atoms with E-state index >= 15 is 0 Å². The third kappa shape index (κ3) is 3.66. The number of benzene rings is 1. The third-order valence-electron chi connectivity index (χ3n) is 3.43. The van der Waals surface area contributed by atoms with Crippen molar-refractivity contribution < 1.29 is 14.5 Å². The molecule has 0 aliphatic heterocycles. The number of carbonyl (C=O) groups is 1. The van der Waals surface area contributed by atoms with Crippen molar-refractivity contribution in [3.63, 3.8) is 0 Å². The minimum Gasteiger partial charge on any atom is -0.455 e. The molecule has 1 aromatic carbocycles. The Kier molecular flexibility index (Phi) is 4.17. The fourth-order valence-corrected chi connectivity index (χ4v) is 1.99. The Morgan fingerprint density at radius 1 is 1.40 bits per heavy atom.